The summed E-state index contributed by atoms with van der Waals surface area (Å²) in [6.45, 7) is 3.84. The van der Waals surface area contributed by atoms with E-state index in [1.165, 1.54) is 64.2 Å². The number of hydrogen-bond acceptors (Lipinski definition) is 9. The molecule has 0 heterocycles. The van der Waals surface area contributed by atoms with Crippen LogP contribution in [-0.4, -0.2) is 85.1 Å². The lowest BCUT2D eigenvalue weighted by atomic mass is 10.0. The number of carbonyl (C=O) groups is 5. The normalized spacial score (nSPS) is 13.4. The Labute approximate surface area is 326 Å². The molecule has 0 spiro atoms. The van der Waals surface area contributed by atoms with Crippen LogP contribution in [0, 0.1) is 0 Å². The Hall–Kier alpha value is -2.81. The summed E-state index contributed by atoms with van der Waals surface area (Å²) in [5.41, 5.74) is 22.8. The molecule has 14 nitrogen and oxygen atoms in total. The molecule has 0 bridgehead atoms. The minimum atomic E-state index is -1.02. The second-order valence-corrected chi connectivity index (χ2v) is 15.0. The van der Waals surface area contributed by atoms with Gasteiger partial charge in [-0.05, 0) is 84.0 Å². The van der Waals surface area contributed by atoms with Crippen LogP contribution in [-0.2, 0) is 24.0 Å². The molecule has 54 heavy (non-hydrogen) atoms. The zero-order valence-electron chi connectivity index (χ0n) is 33.8. The summed E-state index contributed by atoms with van der Waals surface area (Å²) in [6, 6.07) is -1.92. The third-order valence-corrected chi connectivity index (χ3v) is 9.71. The highest BCUT2D eigenvalue weighted by molar-refractivity contribution is 5.82. The summed E-state index contributed by atoms with van der Waals surface area (Å²) >= 11 is 0. The lowest BCUT2D eigenvalue weighted by Crippen LogP contribution is -2.46. The van der Waals surface area contributed by atoms with Gasteiger partial charge in [0.05, 0.1) is 6.42 Å². The molecule has 0 saturated carbocycles. The third-order valence-electron chi connectivity index (χ3n) is 9.71. The van der Waals surface area contributed by atoms with Crippen molar-refractivity contribution in [3.8, 4) is 0 Å². The molecule has 13 N–H and O–H groups in total. The van der Waals surface area contributed by atoms with E-state index in [0.717, 1.165) is 19.3 Å². The second-order valence-electron chi connectivity index (χ2n) is 15.0. The molecule has 0 aromatic heterocycles. The fourth-order valence-electron chi connectivity index (χ4n) is 6.70. The molecule has 0 aromatic rings. The van der Waals surface area contributed by atoms with Gasteiger partial charge in [0.1, 0.15) is 0 Å². The molecular weight excluding hydrogens is 688 g/mol. The fourth-order valence-corrected chi connectivity index (χ4v) is 6.70. The Morgan fingerprint density at radius 3 is 0.981 bits per heavy atom. The van der Waals surface area contributed by atoms with E-state index in [0.29, 0.717) is 84.0 Å². The SMILES string of the molecule is CCCCCCCCCCCCCCCC(=O)N[C@H](CCCN)CC(=O)N[C@H](CCCN)CC(=O)N[C@H](CCCN)CC(=O)N[C@H](CCCN)CC(=O)O. The zero-order valence-corrected chi connectivity index (χ0v) is 33.8. The van der Waals surface area contributed by atoms with Gasteiger partial charge >= 0.3 is 5.97 Å². The molecule has 14 heteroatoms. The number of carboxylic acid groups (broad SMARTS) is 1. The highest BCUT2D eigenvalue weighted by Crippen LogP contribution is 2.14. The van der Waals surface area contributed by atoms with Crippen molar-refractivity contribution in [1.29, 1.82) is 0 Å². The first-order valence-electron chi connectivity index (χ1n) is 21.3. The van der Waals surface area contributed by atoms with Gasteiger partial charge in [-0.15, -0.1) is 0 Å². The first-order chi connectivity index (χ1) is 26.1. The number of hydrogen-bond donors (Lipinski definition) is 9. The lowest BCUT2D eigenvalue weighted by Gasteiger charge is -2.24. The molecule has 4 amide bonds. The van der Waals surface area contributed by atoms with E-state index in [2.05, 4.69) is 28.2 Å². The van der Waals surface area contributed by atoms with Gasteiger partial charge in [0.25, 0.3) is 0 Å². The summed E-state index contributed by atoms with van der Waals surface area (Å²) in [6.07, 6.45) is 20.7. The second kappa shape index (κ2) is 35.9. The van der Waals surface area contributed by atoms with Crippen LogP contribution in [0.1, 0.15) is 174 Å². The molecule has 0 saturated heterocycles. The van der Waals surface area contributed by atoms with E-state index in [1.54, 1.807) is 0 Å². The number of carbonyl (C=O) groups excluding carboxylic acids is 4. The molecule has 316 valence electrons. The third kappa shape index (κ3) is 31.5. The van der Waals surface area contributed by atoms with Gasteiger partial charge in [-0.1, -0.05) is 84.0 Å². The maximum absolute atomic E-state index is 13.2. The van der Waals surface area contributed by atoms with Crippen molar-refractivity contribution < 1.29 is 29.1 Å². The molecular formula is C40H80N8O6. The zero-order chi connectivity index (χ0) is 40.2. The van der Waals surface area contributed by atoms with Crippen LogP contribution in [0.3, 0.4) is 0 Å². The van der Waals surface area contributed by atoms with Crippen molar-refractivity contribution >= 4 is 29.6 Å². The average molecular weight is 769 g/mol. The Bertz CT molecular complexity index is 988. The Balaban J connectivity index is 4.94. The summed E-state index contributed by atoms with van der Waals surface area (Å²) in [4.78, 5) is 63.4. The van der Waals surface area contributed by atoms with E-state index in [9.17, 15) is 29.1 Å². The van der Waals surface area contributed by atoms with Crippen LogP contribution in [0.5, 0.6) is 0 Å². The number of nitrogens with one attached hydrogen (secondary N) is 4. The molecule has 0 aromatic carbocycles. The van der Waals surface area contributed by atoms with Crippen molar-refractivity contribution in [3.63, 3.8) is 0 Å². The molecule has 0 rings (SSSR count). The van der Waals surface area contributed by atoms with Gasteiger partial charge in [0.2, 0.25) is 23.6 Å². The predicted molar refractivity (Wildman–Crippen MR) is 217 cm³/mol. The summed E-state index contributed by atoms with van der Waals surface area (Å²) in [5, 5.41) is 20.9. The quantitative estimate of drug-likeness (QED) is 0.0408. The van der Waals surface area contributed by atoms with Crippen molar-refractivity contribution in [1.82, 2.24) is 21.3 Å². The molecule has 0 fully saturated rings. The number of amides is 4. The van der Waals surface area contributed by atoms with Crippen LogP contribution in [0.2, 0.25) is 0 Å². The predicted octanol–water partition coefficient (Wildman–Crippen LogP) is 4.01. The van der Waals surface area contributed by atoms with Gasteiger partial charge in [-0.25, -0.2) is 0 Å². The summed E-state index contributed by atoms with van der Waals surface area (Å²) < 4.78 is 0. The Morgan fingerprint density at radius 1 is 0.407 bits per heavy atom. The smallest absolute Gasteiger partial charge is 0.305 e. The Kier molecular flexibility index (Phi) is 34.0. The molecule has 0 aliphatic heterocycles. The van der Waals surface area contributed by atoms with Crippen molar-refractivity contribution in [2.45, 2.75) is 198 Å². The summed E-state index contributed by atoms with van der Waals surface area (Å²) in [5.74, 6) is -2.05. The van der Waals surface area contributed by atoms with E-state index >= 15 is 0 Å². The first-order valence-corrected chi connectivity index (χ1v) is 21.3. The highest BCUT2D eigenvalue weighted by Gasteiger charge is 2.24. The molecule has 0 aliphatic carbocycles. The van der Waals surface area contributed by atoms with Crippen molar-refractivity contribution in [2.24, 2.45) is 22.9 Å². The largest absolute Gasteiger partial charge is 0.481 e. The van der Waals surface area contributed by atoms with E-state index in [4.69, 9.17) is 22.9 Å². The Morgan fingerprint density at radius 2 is 0.685 bits per heavy atom. The first kappa shape index (κ1) is 51.2. The van der Waals surface area contributed by atoms with E-state index in [-0.39, 0.29) is 55.4 Å². The highest BCUT2D eigenvalue weighted by atomic mass is 16.4. The van der Waals surface area contributed by atoms with Crippen LogP contribution >= 0.6 is 0 Å². The minimum absolute atomic E-state index is 0.0104. The number of aliphatic carboxylic acids is 1. The van der Waals surface area contributed by atoms with Gasteiger partial charge in [-0.2, -0.15) is 0 Å². The maximum Gasteiger partial charge on any atom is 0.305 e. The lowest BCUT2D eigenvalue weighted by molar-refractivity contribution is -0.138. The fraction of sp³-hybridized carbons (Fsp3) is 0.875. The molecule has 0 aliphatic rings. The number of unbranched alkanes of at least 4 members (excludes halogenated alkanes) is 12. The number of rotatable bonds is 38. The molecule has 4 atom stereocenters. The van der Waals surface area contributed by atoms with Crippen LogP contribution in [0.15, 0.2) is 0 Å². The van der Waals surface area contributed by atoms with Gasteiger partial charge in [0, 0.05) is 49.9 Å². The van der Waals surface area contributed by atoms with Crippen LogP contribution in [0.4, 0.5) is 0 Å². The number of nitrogens with two attached hydrogens (primary N) is 4. The topological polar surface area (TPSA) is 258 Å². The average Bonchev–Trinajstić information content (AvgIpc) is 3.12. The number of carboxylic acids is 1. The maximum atomic E-state index is 13.2. The van der Waals surface area contributed by atoms with Crippen molar-refractivity contribution in [3.05, 3.63) is 0 Å². The minimum Gasteiger partial charge on any atom is -0.481 e. The van der Waals surface area contributed by atoms with Crippen molar-refractivity contribution in [2.75, 3.05) is 26.2 Å². The monoisotopic (exact) mass is 769 g/mol. The molecule has 0 unspecified atom stereocenters. The van der Waals surface area contributed by atoms with E-state index < -0.39 is 24.1 Å². The molecule has 0 radical (unpaired) electrons. The summed E-state index contributed by atoms with van der Waals surface area (Å²) in [7, 11) is 0. The standard InChI is InChI=1S/C40H80N8O6/c1-2-3-4-5-6-7-8-9-10-11-12-13-14-23-36(49)45-32(19-15-24-41)28-37(50)46-33(20-16-25-42)29-38(51)47-34(21-17-26-43)30-39(52)48-35(22-18-27-44)31-40(53)54/h32-35H,2-31,41-44H2,1H3,(H,45,49)(H,46,50)(H,47,51)(H,48,52)(H,53,54)/t32-,33-,34-,35-/m1/s1. The van der Waals surface area contributed by atoms with Gasteiger partial charge in [-0.3, -0.25) is 24.0 Å². The van der Waals surface area contributed by atoms with Crippen LogP contribution < -0.4 is 44.2 Å². The van der Waals surface area contributed by atoms with Crippen LogP contribution in [0.25, 0.3) is 0 Å². The van der Waals surface area contributed by atoms with Gasteiger partial charge in [0.15, 0.2) is 0 Å². The van der Waals surface area contributed by atoms with Gasteiger partial charge < -0.3 is 49.3 Å². The van der Waals surface area contributed by atoms with E-state index in [1.807, 2.05) is 0 Å².